The zero-order valence-electron chi connectivity index (χ0n) is 19.7. The molecule has 1 N–H and O–H groups in total. The molecule has 5 rings (SSSR count). The minimum Gasteiger partial charge on any atom is -0.493 e. The lowest BCUT2D eigenvalue weighted by Gasteiger charge is -2.12. The molecular weight excluding hydrogens is 434 g/mol. The smallest absolute Gasteiger partial charge is 0.224 e. The number of fused-ring (bicyclic) bond motifs is 2. The van der Waals surface area contributed by atoms with Crippen LogP contribution in [0.2, 0.25) is 0 Å². The van der Waals surface area contributed by atoms with Gasteiger partial charge in [0.15, 0.2) is 0 Å². The Hall–Kier alpha value is -4.12. The Bertz CT molecular complexity index is 1420. The summed E-state index contributed by atoms with van der Waals surface area (Å²) in [6.45, 7) is 1.98. The predicted molar refractivity (Wildman–Crippen MR) is 141 cm³/mol. The topological polar surface area (TPSA) is 56.2 Å². The van der Waals surface area contributed by atoms with Crippen LogP contribution in [0.25, 0.3) is 21.8 Å². The van der Waals surface area contributed by atoms with E-state index in [4.69, 9.17) is 9.72 Å². The number of carbonyl (C=O) groups is 1. The number of imidazole rings is 1. The summed E-state index contributed by atoms with van der Waals surface area (Å²) in [5, 5.41) is 5.36. The Morgan fingerprint density at radius 1 is 0.857 bits per heavy atom. The fourth-order valence-corrected chi connectivity index (χ4v) is 4.45. The van der Waals surface area contributed by atoms with Gasteiger partial charge in [-0.25, -0.2) is 4.98 Å². The van der Waals surface area contributed by atoms with Gasteiger partial charge in [-0.3, -0.25) is 4.79 Å². The van der Waals surface area contributed by atoms with Crippen LogP contribution >= 0.6 is 0 Å². The van der Waals surface area contributed by atoms with Crippen LogP contribution in [0, 0.1) is 0 Å². The average Bonchev–Trinajstić information content (AvgIpc) is 3.24. The summed E-state index contributed by atoms with van der Waals surface area (Å²) in [6.07, 6.45) is 1.93. The number of aryl methyl sites for hydroxylation is 1. The van der Waals surface area contributed by atoms with Crippen LogP contribution in [0.15, 0.2) is 97.1 Å². The molecule has 0 bridgehead atoms. The lowest BCUT2D eigenvalue weighted by Crippen LogP contribution is -2.28. The maximum absolute atomic E-state index is 12.3. The molecule has 0 unspecified atom stereocenters. The van der Waals surface area contributed by atoms with E-state index in [1.54, 1.807) is 0 Å². The van der Waals surface area contributed by atoms with Crippen LogP contribution in [0.5, 0.6) is 5.75 Å². The van der Waals surface area contributed by atoms with E-state index < -0.39 is 0 Å². The quantitative estimate of drug-likeness (QED) is 0.276. The first kappa shape index (κ1) is 22.7. The number of hydrogen-bond donors (Lipinski definition) is 1. The van der Waals surface area contributed by atoms with Crippen molar-refractivity contribution in [2.75, 3.05) is 13.2 Å². The molecular formula is C30H29N3O2. The molecule has 0 atom stereocenters. The minimum atomic E-state index is 0.0300. The second-order valence-corrected chi connectivity index (χ2v) is 8.61. The summed E-state index contributed by atoms with van der Waals surface area (Å²) in [5.74, 6) is 1.93. The van der Waals surface area contributed by atoms with Gasteiger partial charge in [-0.1, -0.05) is 78.9 Å². The summed E-state index contributed by atoms with van der Waals surface area (Å²) in [6, 6.07) is 32.4. The zero-order chi connectivity index (χ0) is 23.9. The van der Waals surface area contributed by atoms with Gasteiger partial charge in [0.1, 0.15) is 11.6 Å². The predicted octanol–water partition coefficient (Wildman–Crippen LogP) is 5.56. The van der Waals surface area contributed by atoms with Crippen molar-refractivity contribution in [3.05, 3.63) is 108 Å². The molecule has 1 amide bonds. The molecule has 0 aliphatic carbocycles. The summed E-state index contributed by atoms with van der Waals surface area (Å²) in [7, 11) is 0. The first-order valence-electron chi connectivity index (χ1n) is 12.1. The molecule has 0 radical (unpaired) electrons. The van der Waals surface area contributed by atoms with Crippen LogP contribution in [-0.2, 0) is 24.2 Å². The molecule has 5 aromatic rings. The van der Waals surface area contributed by atoms with Gasteiger partial charge < -0.3 is 14.6 Å². The Labute approximate surface area is 205 Å². The molecule has 0 saturated carbocycles. The van der Waals surface area contributed by atoms with Crippen molar-refractivity contribution in [1.29, 1.82) is 0 Å². The zero-order valence-corrected chi connectivity index (χ0v) is 19.7. The second-order valence-electron chi connectivity index (χ2n) is 8.61. The molecule has 35 heavy (non-hydrogen) atoms. The number of benzene rings is 4. The number of nitrogens with one attached hydrogen (secondary N) is 1. The van der Waals surface area contributed by atoms with Crippen LogP contribution in [0.4, 0.5) is 0 Å². The molecule has 4 aromatic carbocycles. The van der Waals surface area contributed by atoms with Crippen LogP contribution in [-0.4, -0.2) is 28.6 Å². The van der Waals surface area contributed by atoms with Gasteiger partial charge in [0.25, 0.3) is 0 Å². The minimum absolute atomic E-state index is 0.0300. The van der Waals surface area contributed by atoms with E-state index in [1.165, 1.54) is 5.39 Å². The highest BCUT2D eigenvalue weighted by atomic mass is 16.5. The van der Waals surface area contributed by atoms with Crippen LogP contribution in [0.3, 0.4) is 0 Å². The molecule has 0 fully saturated rings. The van der Waals surface area contributed by atoms with E-state index in [0.29, 0.717) is 26.0 Å². The van der Waals surface area contributed by atoms with Crippen LogP contribution < -0.4 is 10.1 Å². The van der Waals surface area contributed by atoms with Gasteiger partial charge >= 0.3 is 0 Å². The molecule has 0 spiro atoms. The number of aromatic nitrogens is 2. The number of nitrogens with zero attached hydrogens (tertiary/aromatic N) is 2. The molecule has 0 aliphatic heterocycles. The first-order chi connectivity index (χ1) is 17.3. The Balaban J connectivity index is 1.20. The van der Waals surface area contributed by atoms with Gasteiger partial charge in [-0.2, -0.15) is 0 Å². The fraction of sp³-hybridized carbons (Fsp3) is 0.200. The van der Waals surface area contributed by atoms with Crippen LogP contribution in [0.1, 0.15) is 17.8 Å². The lowest BCUT2D eigenvalue weighted by atomic mass is 10.1. The fourth-order valence-electron chi connectivity index (χ4n) is 4.45. The molecule has 0 saturated heterocycles. The summed E-state index contributed by atoms with van der Waals surface area (Å²) in [4.78, 5) is 17.2. The van der Waals surface area contributed by atoms with Gasteiger partial charge in [0.2, 0.25) is 5.91 Å². The SMILES string of the molecule is O=C(Cc1ccccc1)NCCc1nc2ccccc2n1CCCOc1cccc2ccccc12. The van der Waals surface area contributed by atoms with E-state index in [0.717, 1.165) is 46.5 Å². The third-order valence-corrected chi connectivity index (χ3v) is 6.15. The van der Waals surface area contributed by atoms with Gasteiger partial charge in [0, 0.05) is 24.9 Å². The van der Waals surface area contributed by atoms with Crippen molar-refractivity contribution in [2.45, 2.75) is 25.8 Å². The first-order valence-corrected chi connectivity index (χ1v) is 12.1. The Morgan fingerprint density at radius 3 is 2.54 bits per heavy atom. The van der Waals surface area contributed by atoms with Crippen molar-refractivity contribution in [3.8, 4) is 5.75 Å². The molecule has 0 aliphatic rings. The highest BCUT2D eigenvalue weighted by molar-refractivity contribution is 5.88. The van der Waals surface area contributed by atoms with Gasteiger partial charge in [-0.05, 0) is 35.6 Å². The highest BCUT2D eigenvalue weighted by Crippen LogP contribution is 2.25. The standard InChI is InChI=1S/C30H29N3O2/c34-30(22-23-10-2-1-3-11-23)31-19-18-29-32-26-15-6-7-16-27(26)33(29)20-9-21-35-28-17-8-13-24-12-4-5-14-25(24)28/h1-8,10-17H,9,18-22H2,(H,31,34). The molecule has 5 heteroatoms. The summed E-state index contributed by atoms with van der Waals surface area (Å²) in [5.41, 5.74) is 3.11. The van der Waals surface area contributed by atoms with Gasteiger partial charge in [-0.15, -0.1) is 0 Å². The third kappa shape index (κ3) is 5.52. The molecule has 1 aromatic heterocycles. The van der Waals surface area contributed by atoms with Crippen molar-refractivity contribution >= 4 is 27.7 Å². The number of amides is 1. The van der Waals surface area contributed by atoms with Crippen molar-refractivity contribution < 1.29 is 9.53 Å². The van der Waals surface area contributed by atoms with E-state index in [-0.39, 0.29) is 5.91 Å². The molecule has 176 valence electrons. The summed E-state index contributed by atoms with van der Waals surface area (Å²) >= 11 is 0. The summed E-state index contributed by atoms with van der Waals surface area (Å²) < 4.78 is 8.40. The van der Waals surface area contributed by atoms with E-state index in [9.17, 15) is 4.79 Å². The second kappa shape index (κ2) is 10.9. The Kier molecular flexibility index (Phi) is 7.04. The van der Waals surface area contributed by atoms with Crippen molar-refractivity contribution in [3.63, 3.8) is 0 Å². The number of rotatable bonds is 10. The van der Waals surface area contributed by atoms with Crippen molar-refractivity contribution in [2.24, 2.45) is 0 Å². The van der Waals surface area contributed by atoms with E-state index in [2.05, 4.69) is 34.1 Å². The monoisotopic (exact) mass is 463 g/mol. The molecule has 1 heterocycles. The van der Waals surface area contributed by atoms with Gasteiger partial charge in [0.05, 0.1) is 24.1 Å². The normalized spacial score (nSPS) is 11.1. The highest BCUT2D eigenvalue weighted by Gasteiger charge is 2.11. The number of carbonyl (C=O) groups excluding carboxylic acids is 1. The van der Waals surface area contributed by atoms with E-state index >= 15 is 0 Å². The van der Waals surface area contributed by atoms with E-state index in [1.807, 2.05) is 72.8 Å². The van der Waals surface area contributed by atoms with Crippen molar-refractivity contribution in [1.82, 2.24) is 14.9 Å². The molecule has 5 nitrogen and oxygen atoms in total. The third-order valence-electron chi connectivity index (χ3n) is 6.15. The largest absolute Gasteiger partial charge is 0.493 e. The maximum atomic E-state index is 12.3. The Morgan fingerprint density at radius 2 is 1.63 bits per heavy atom. The number of para-hydroxylation sites is 2. The lowest BCUT2D eigenvalue weighted by molar-refractivity contribution is -0.120. The average molecular weight is 464 g/mol. The number of ether oxygens (including phenoxy) is 1. The number of hydrogen-bond acceptors (Lipinski definition) is 3. The maximum Gasteiger partial charge on any atom is 0.224 e.